The molecule has 0 fully saturated rings. The van der Waals surface area contributed by atoms with Crippen molar-refractivity contribution in [1.29, 1.82) is 0 Å². The molecule has 3 N–H and O–H groups in total. The van der Waals surface area contributed by atoms with Gasteiger partial charge in [0.1, 0.15) is 0 Å². The number of rotatable bonds is 5. The molecule has 1 atom stereocenters. The summed E-state index contributed by atoms with van der Waals surface area (Å²) in [6.07, 6.45) is -0.448. The Balaban J connectivity index is 2.96. The Morgan fingerprint density at radius 1 is 1.78 bits per heavy atom. The van der Waals surface area contributed by atoms with Gasteiger partial charge in [0.15, 0.2) is 0 Å². The molecule has 0 saturated carbocycles. The molecule has 4 heteroatoms. The van der Waals surface area contributed by atoms with Crippen molar-refractivity contribution in [2.45, 2.75) is 6.10 Å². The minimum absolute atomic E-state index is 0.448. The third-order valence-electron chi connectivity index (χ3n) is 0.708. The Hall–Kier alpha value is 0.360. The van der Waals surface area contributed by atoms with E-state index >= 15 is 0 Å². The lowest BCUT2D eigenvalue weighted by Crippen LogP contribution is -2.12. The van der Waals surface area contributed by atoms with E-state index in [0.29, 0.717) is 12.3 Å². The van der Waals surface area contributed by atoms with E-state index in [1.165, 1.54) is 5.37 Å². The highest BCUT2D eigenvalue weighted by Crippen LogP contribution is 1.99. The van der Waals surface area contributed by atoms with Gasteiger partial charge >= 0.3 is 0 Å². The maximum absolute atomic E-state index is 8.86. The van der Waals surface area contributed by atoms with Crippen LogP contribution in [0, 0.1) is 0 Å². The predicted molar refractivity (Wildman–Crippen MR) is 46.0 cm³/mol. The van der Waals surface area contributed by atoms with Crippen molar-refractivity contribution in [2.24, 2.45) is 5.73 Å². The van der Waals surface area contributed by atoms with Crippen molar-refractivity contribution < 1.29 is 5.11 Å². The molecule has 0 radical (unpaired) electrons. The van der Waals surface area contributed by atoms with Gasteiger partial charge in [-0.2, -0.15) is 11.8 Å². The molecule has 0 aliphatic rings. The van der Waals surface area contributed by atoms with Crippen molar-refractivity contribution in [2.75, 3.05) is 18.1 Å². The van der Waals surface area contributed by atoms with Crippen LogP contribution in [0.2, 0.25) is 0 Å². The highest BCUT2D eigenvalue weighted by molar-refractivity contribution is 7.99. The zero-order chi connectivity index (χ0) is 7.11. The quantitative estimate of drug-likeness (QED) is 0.446. The highest BCUT2D eigenvalue weighted by Gasteiger charge is 1.96. The minimum Gasteiger partial charge on any atom is -0.387 e. The SMILES string of the molecule is NCCSCC(O)C=S. The molecular weight excluding hydrogens is 154 g/mol. The summed E-state index contributed by atoms with van der Waals surface area (Å²) in [6, 6.07) is 0. The van der Waals surface area contributed by atoms with Gasteiger partial charge in [-0.3, -0.25) is 0 Å². The molecular formula is C5H11NOS2. The first-order valence-corrected chi connectivity index (χ1v) is 4.35. The third-order valence-corrected chi connectivity index (χ3v) is 2.12. The number of aliphatic hydroxyl groups is 1. The van der Waals surface area contributed by atoms with Crippen LogP contribution in [0.1, 0.15) is 0 Å². The largest absolute Gasteiger partial charge is 0.387 e. The molecule has 0 aromatic heterocycles. The second-order valence-electron chi connectivity index (χ2n) is 1.57. The van der Waals surface area contributed by atoms with Crippen LogP contribution in [0.4, 0.5) is 0 Å². The lowest BCUT2D eigenvalue weighted by atomic mass is 10.5. The van der Waals surface area contributed by atoms with Gasteiger partial charge < -0.3 is 10.8 Å². The molecule has 0 aromatic rings. The third kappa shape index (κ3) is 6.24. The predicted octanol–water partition coefficient (Wildman–Crippen LogP) is 0.0389. The first-order chi connectivity index (χ1) is 4.31. The summed E-state index contributed by atoms with van der Waals surface area (Å²) in [5.74, 6) is 1.56. The lowest BCUT2D eigenvalue weighted by molar-refractivity contribution is 0.273. The van der Waals surface area contributed by atoms with Gasteiger partial charge in [-0.05, 0) is 0 Å². The normalized spacial score (nSPS) is 13.1. The second-order valence-corrected chi connectivity index (χ2v) is 2.99. The number of nitrogens with two attached hydrogens (primary N) is 1. The van der Waals surface area contributed by atoms with Crippen molar-refractivity contribution >= 4 is 29.3 Å². The summed E-state index contributed by atoms with van der Waals surface area (Å²) in [6.45, 7) is 0.662. The van der Waals surface area contributed by atoms with E-state index in [1.807, 2.05) is 0 Å². The van der Waals surface area contributed by atoms with Crippen molar-refractivity contribution in [3.05, 3.63) is 0 Å². The molecule has 0 amide bonds. The van der Waals surface area contributed by atoms with E-state index in [-0.39, 0.29) is 0 Å². The molecule has 0 bridgehead atoms. The van der Waals surface area contributed by atoms with Crippen LogP contribution in [-0.2, 0) is 0 Å². The number of hydrogen-bond donors (Lipinski definition) is 2. The van der Waals surface area contributed by atoms with Gasteiger partial charge in [0.05, 0.1) is 6.10 Å². The smallest absolute Gasteiger partial charge is 0.0912 e. The summed E-state index contributed by atoms with van der Waals surface area (Å²) in [4.78, 5) is 0. The van der Waals surface area contributed by atoms with Crippen LogP contribution in [0.5, 0.6) is 0 Å². The van der Waals surface area contributed by atoms with Crippen molar-refractivity contribution in [3.63, 3.8) is 0 Å². The van der Waals surface area contributed by atoms with Gasteiger partial charge in [-0.15, -0.1) is 0 Å². The zero-order valence-corrected chi connectivity index (χ0v) is 6.75. The molecule has 0 saturated heterocycles. The monoisotopic (exact) mass is 165 g/mol. The van der Waals surface area contributed by atoms with Crippen LogP contribution in [-0.4, -0.2) is 34.6 Å². The average molecular weight is 165 g/mol. The van der Waals surface area contributed by atoms with Gasteiger partial charge in [-0.1, -0.05) is 12.2 Å². The fourth-order valence-electron chi connectivity index (χ4n) is 0.327. The average Bonchev–Trinajstić information content (AvgIpc) is 1.89. The number of thioether (sulfide) groups is 1. The topological polar surface area (TPSA) is 46.2 Å². The molecule has 0 rings (SSSR count). The summed E-state index contributed by atoms with van der Waals surface area (Å²) < 4.78 is 0. The first kappa shape index (κ1) is 9.36. The molecule has 0 aliphatic carbocycles. The number of hydrogen-bond acceptors (Lipinski definition) is 4. The van der Waals surface area contributed by atoms with Crippen molar-refractivity contribution in [1.82, 2.24) is 0 Å². The van der Waals surface area contributed by atoms with E-state index in [9.17, 15) is 0 Å². The van der Waals surface area contributed by atoms with Gasteiger partial charge in [-0.25, -0.2) is 0 Å². The van der Waals surface area contributed by atoms with E-state index in [1.54, 1.807) is 11.8 Å². The molecule has 0 heterocycles. The molecule has 2 nitrogen and oxygen atoms in total. The maximum atomic E-state index is 8.86. The fourth-order valence-corrected chi connectivity index (χ4v) is 1.22. The Kier molecular flexibility index (Phi) is 6.74. The number of aliphatic hydroxyl groups excluding tert-OH is 1. The Morgan fingerprint density at radius 3 is 2.89 bits per heavy atom. The molecule has 0 aliphatic heterocycles. The van der Waals surface area contributed by atoms with Crippen LogP contribution in [0.25, 0.3) is 0 Å². The Labute approximate surface area is 64.8 Å². The standard InChI is InChI=1S/C5H11NOS2/c6-1-2-9-4-5(7)3-8/h3,5,7H,1-2,4,6H2. The van der Waals surface area contributed by atoms with E-state index in [4.69, 9.17) is 10.8 Å². The van der Waals surface area contributed by atoms with Gasteiger partial charge in [0.2, 0.25) is 0 Å². The van der Waals surface area contributed by atoms with Crippen LogP contribution < -0.4 is 5.73 Å². The van der Waals surface area contributed by atoms with E-state index < -0.39 is 6.10 Å². The summed E-state index contributed by atoms with van der Waals surface area (Å²) in [7, 11) is 0. The highest BCUT2D eigenvalue weighted by atomic mass is 32.2. The molecule has 0 spiro atoms. The van der Waals surface area contributed by atoms with Crippen molar-refractivity contribution in [3.8, 4) is 0 Å². The van der Waals surface area contributed by atoms with Crippen LogP contribution in [0.3, 0.4) is 0 Å². The second kappa shape index (κ2) is 6.48. The minimum atomic E-state index is -0.448. The van der Waals surface area contributed by atoms with Crippen LogP contribution in [0.15, 0.2) is 0 Å². The Bertz CT molecular complexity index is 79.4. The molecule has 1 unspecified atom stereocenters. The van der Waals surface area contributed by atoms with Crippen LogP contribution >= 0.6 is 24.0 Å². The first-order valence-electron chi connectivity index (χ1n) is 2.72. The Morgan fingerprint density at radius 2 is 2.44 bits per heavy atom. The summed E-state index contributed by atoms with van der Waals surface area (Å²) in [5.41, 5.74) is 5.22. The fraction of sp³-hybridized carbons (Fsp3) is 0.800. The van der Waals surface area contributed by atoms with Gasteiger partial charge in [0.25, 0.3) is 0 Å². The number of thiocarbonyl (C=S) groups is 1. The molecule has 9 heavy (non-hydrogen) atoms. The van der Waals surface area contributed by atoms with Gasteiger partial charge in [0, 0.05) is 23.4 Å². The summed E-state index contributed by atoms with van der Waals surface area (Å²) in [5, 5.41) is 10.2. The molecule has 54 valence electrons. The summed E-state index contributed by atoms with van der Waals surface area (Å²) >= 11 is 6.12. The zero-order valence-electron chi connectivity index (χ0n) is 5.12. The lowest BCUT2D eigenvalue weighted by Gasteiger charge is -2.00. The maximum Gasteiger partial charge on any atom is 0.0912 e. The molecule has 0 aromatic carbocycles. The van der Waals surface area contributed by atoms with E-state index in [0.717, 1.165) is 5.75 Å². The van der Waals surface area contributed by atoms with E-state index in [2.05, 4.69) is 12.2 Å².